The molecule has 0 unspecified atom stereocenters. The van der Waals surface area contributed by atoms with Crippen LogP contribution in [0.4, 0.5) is 0 Å². The Kier molecular flexibility index (Phi) is 9.09. The van der Waals surface area contributed by atoms with Crippen LogP contribution in [0.3, 0.4) is 0 Å². The van der Waals surface area contributed by atoms with Crippen molar-refractivity contribution in [1.29, 1.82) is 0 Å². The van der Waals surface area contributed by atoms with Gasteiger partial charge in [0.2, 0.25) is 0 Å². The first-order chi connectivity index (χ1) is 7.87. The van der Waals surface area contributed by atoms with Crippen molar-refractivity contribution in [2.75, 3.05) is 0 Å². The molecule has 0 aliphatic heterocycles. The summed E-state index contributed by atoms with van der Waals surface area (Å²) in [5, 5.41) is 0. The van der Waals surface area contributed by atoms with E-state index < -0.39 is 24.1 Å². The van der Waals surface area contributed by atoms with Gasteiger partial charge in [0.15, 0.2) is 0 Å². The fraction of sp³-hybridized carbons (Fsp3) is 0.909. The Hall–Kier alpha value is 0.0643. The van der Waals surface area contributed by atoms with Gasteiger partial charge in [-0.05, 0) is 0 Å². The molecule has 0 aromatic heterocycles. The van der Waals surface area contributed by atoms with Crippen molar-refractivity contribution >= 4 is 5.97 Å². The zero-order valence-electron chi connectivity index (χ0n) is 10.9. The summed E-state index contributed by atoms with van der Waals surface area (Å²) in [6, 6.07) is 0. The predicted octanol–water partition coefficient (Wildman–Crippen LogP) is 2.11. The van der Waals surface area contributed by atoms with Crippen molar-refractivity contribution in [2.24, 2.45) is 0 Å². The first kappa shape index (κ1) is 17.1. The zero-order chi connectivity index (χ0) is 13.3. The van der Waals surface area contributed by atoms with Crippen LogP contribution in [0, 0.1) is 0 Å². The second-order valence-electron chi connectivity index (χ2n) is 4.35. The summed E-state index contributed by atoms with van der Waals surface area (Å²) < 4.78 is 28.1. The molecule has 0 spiro atoms. The van der Waals surface area contributed by atoms with Crippen LogP contribution in [0.15, 0.2) is 0 Å². The minimum absolute atomic E-state index is 0.222. The molecule has 0 atom stereocenters. The molecule has 102 valence electrons. The van der Waals surface area contributed by atoms with Crippen LogP contribution in [0.5, 0.6) is 0 Å². The van der Waals surface area contributed by atoms with Crippen molar-refractivity contribution in [1.82, 2.24) is 0 Å². The number of hydrogen-bond acceptors (Lipinski definition) is 5. The van der Waals surface area contributed by atoms with Crippen LogP contribution in [0.1, 0.15) is 59.3 Å². The van der Waals surface area contributed by atoms with Crippen LogP contribution in [-0.2, 0) is 29.6 Å². The fourth-order valence-electron chi connectivity index (χ4n) is 1.40. The Balaban J connectivity index is 3.70. The molecule has 0 aromatic carbocycles. The molecule has 0 fully saturated rings. The van der Waals surface area contributed by atoms with Gasteiger partial charge in [-0.25, -0.2) is 0 Å². The third kappa shape index (κ3) is 10.9. The van der Waals surface area contributed by atoms with Crippen molar-refractivity contribution in [2.45, 2.75) is 65.4 Å². The molecular weight excluding hydrogens is 260 g/mol. The molecule has 0 heterocycles. The molecule has 0 radical (unpaired) electrons. The number of hydrogen-bond donors (Lipinski definition) is 2. The number of rotatable bonds is 9. The van der Waals surface area contributed by atoms with E-state index in [0.29, 0.717) is 0 Å². The number of unbranched alkanes of at least 4 members (excludes halogenated alkanes) is 4. The Morgan fingerprint density at radius 3 is 2.29 bits per heavy atom. The first-order valence-corrected chi connectivity index (χ1v) is 8.89. The van der Waals surface area contributed by atoms with E-state index in [1.165, 1.54) is 0 Å². The van der Waals surface area contributed by atoms with E-state index in [1.54, 1.807) is 13.8 Å². The minimum atomic E-state index is -4.76. The SMILES string of the molecule is CCCCCCCC(=O)[O][Ti]([OH])([OH])[O]C(C)C. The van der Waals surface area contributed by atoms with E-state index in [1.807, 2.05) is 0 Å². The van der Waals surface area contributed by atoms with Gasteiger partial charge in [-0.1, -0.05) is 0 Å². The molecule has 0 saturated heterocycles. The second kappa shape index (κ2) is 9.06. The summed E-state index contributed by atoms with van der Waals surface area (Å²) in [7, 11) is 0. The third-order valence-corrected chi connectivity index (χ3v) is 4.11. The summed E-state index contributed by atoms with van der Waals surface area (Å²) in [5.41, 5.74) is 0. The molecule has 0 rings (SSSR count). The van der Waals surface area contributed by atoms with Gasteiger partial charge in [0, 0.05) is 0 Å². The van der Waals surface area contributed by atoms with Gasteiger partial charge in [0.05, 0.1) is 0 Å². The monoisotopic (exact) mass is 284 g/mol. The molecule has 17 heavy (non-hydrogen) atoms. The standard InChI is InChI=1S/C8H16O2.C3H7O.2H2O.Ti/c1-2-3-4-5-6-7-8(9)10;1-3(2)4;;;/h2-7H2,1H3,(H,9,10);3H,1-2H3;2*1H2;/q;-1;;;+4/p-3. The molecule has 2 N–H and O–H groups in total. The van der Waals surface area contributed by atoms with Crippen molar-refractivity contribution < 1.29 is 36.9 Å². The third-order valence-electron chi connectivity index (χ3n) is 2.12. The quantitative estimate of drug-likeness (QED) is 0.501. The topological polar surface area (TPSA) is 76.0 Å². The maximum absolute atomic E-state index is 11.3. The van der Waals surface area contributed by atoms with Crippen molar-refractivity contribution in [3.63, 3.8) is 0 Å². The molecule has 0 aliphatic rings. The van der Waals surface area contributed by atoms with Crippen LogP contribution >= 0.6 is 0 Å². The van der Waals surface area contributed by atoms with Crippen LogP contribution < -0.4 is 0 Å². The van der Waals surface area contributed by atoms with Gasteiger partial charge in [-0.15, -0.1) is 0 Å². The van der Waals surface area contributed by atoms with Crippen molar-refractivity contribution in [3.8, 4) is 0 Å². The Bertz CT molecular complexity index is 218. The maximum atomic E-state index is 11.3. The van der Waals surface area contributed by atoms with Gasteiger partial charge in [-0.2, -0.15) is 0 Å². The Morgan fingerprint density at radius 2 is 1.76 bits per heavy atom. The summed E-state index contributed by atoms with van der Waals surface area (Å²) in [6.07, 6.45) is 4.95. The zero-order valence-corrected chi connectivity index (χ0v) is 12.5. The Morgan fingerprint density at radius 1 is 1.18 bits per heavy atom. The number of carbonyl (C=O) groups excluding carboxylic acids is 1. The van der Waals surface area contributed by atoms with Crippen LogP contribution in [0.25, 0.3) is 0 Å². The van der Waals surface area contributed by atoms with Gasteiger partial charge in [0.25, 0.3) is 0 Å². The van der Waals surface area contributed by atoms with E-state index in [0.717, 1.165) is 32.1 Å². The summed E-state index contributed by atoms with van der Waals surface area (Å²) in [5.74, 6) is -0.577. The summed E-state index contributed by atoms with van der Waals surface area (Å²) in [4.78, 5) is 11.3. The van der Waals surface area contributed by atoms with Gasteiger partial charge in [0.1, 0.15) is 0 Å². The molecule has 5 nitrogen and oxygen atoms in total. The first-order valence-electron chi connectivity index (χ1n) is 6.21. The number of carbonyl (C=O) groups is 1. The van der Waals surface area contributed by atoms with Crippen LogP contribution in [-0.4, -0.2) is 19.4 Å². The summed E-state index contributed by atoms with van der Waals surface area (Å²) >= 11 is -4.76. The average molecular weight is 284 g/mol. The van der Waals surface area contributed by atoms with Crippen molar-refractivity contribution in [3.05, 3.63) is 0 Å². The molecule has 0 aliphatic carbocycles. The van der Waals surface area contributed by atoms with Gasteiger partial charge >= 0.3 is 108 Å². The second-order valence-corrected chi connectivity index (χ2v) is 6.75. The van der Waals surface area contributed by atoms with E-state index in [4.69, 9.17) is 3.32 Å². The predicted molar refractivity (Wildman–Crippen MR) is 60.1 cm³/mol. The van der Waals surface area contributed by atoms with E-state index in [-0.39, 0.29) is 12.5 Å². The van der Waals surface area contributed by atoms with Gasteiger partial charge in [-0.3, -0.25) is 0 Å². The molecule has 0 saturated carbocycles. The average Bonchev–Trinajstić information content (AvgIpc) is 2.14. The Labute approximate surface area is 108 Å². The van der Waals surface area contributed by atoms with Crippen LogP contribution in [0.2, 0.25) is 0 Å². The van der Waals surface area contributed by atoms with Gasteiger partial charge < -0.3 is 0 Å². The molecule has 0 bridgehead atoms. The van der Waals surface area contributed by atoms with E-state index in [2.05, 4.69) is 10.2 Å². The molecule has 0 aromatic rings. The fourth-order valence-corrected chi connectivity index (χ4v) is 3.06. The normalized spacial score (nSPS) is 11.9. The molecule has 6 heteroatoms. The summed E-state index contributed by atoms with van der Waals surface area (Å²) in [6.45, 7) is 5.44. The van der Waals surface area contributed by atoms with E-state index in [9.17, 15) is 12.2 Å². The molecular formula is C11H24O5Ti. The molecule has 0 amide bonds. The van der Waals surface area contributed by atoms with E-state index >= 15 is 0 Å².